The summed E-state index contributed by atoms with van der Waals surface area (Å²) in [7, 11) is 0. The number of hydrogen-bond donors (Lipinski definition) is 1. The summed E-state index contributed by atoms with van der Waals surface area (Å²) in [5.41, 5.74) is 5.68. The zero-order chi connectivity index (χ0) is 24.7. The molecular weight excluding hydrogens is 492 g/mol. The van der Waals surface area contributed by atoms with Crippen LogP contribution in [0.5, 0.6) is 11.5 Å². The molecule has 0 aliphatic carbocycles. The number of aryl methyl sites for hydroxylation is 3. The van der Waals surface area contributed by atoms with Crippen LogP contribution in [0.3, 0.4) is 0 Å². The van der Waals surface area contributed by atoms with E-state index in [0.29, 0.717) is 40.4 Å². The predicted octanol–water partition coefficient (Wildman–Crippen LogP) is 6.90. The van der Waals surface area contributed by atoms with Gasteiger partial charge in [0.25, 0.3) is 5.91 Å². The molecule has 0 fully saturated rings. The van der Waals surface area contributed by atoms with Crippen LogP contribution >= 0.6 is 15.9 Å². The summed E-state index contributed by atoms with van der Waals surface area (Å²) in [6.07, 6.45) is 1.53. The number of ether oxygens (including phenoxy) is 2. The second-order valence-electron chi connectivity index (χ2n) is 7.95. The molecule has 1 amide bonds. The third-order valence-corrected chi connectivity index (χ3v) is 5.99. The van der Waals surface area contributed by atoms with Gasteiger partial charge in [0.2, 0.25) is 0 Å². The normalized spacial score (nSPS) is 11.0. The molecule has 1 N–H and O–H groups in total. The van der Waals surface area contributed by atoms with Crippen molar-refractivity contribution in [2.24, 2.45) is 0 Å². The van der Waals surface area contributed by atoms with Gasteiger partial charge in [0.1, 0.15) is 18.2 Å². The van der Waals surface area contributed by atoms with E-state index < -0.39 is 5.91 Å². The quantitative estimate of drug-likeness (QED) is 0.260. The molecule has 0 aliphatic rings. The molecule has 174 valence electrons. The van der Waals surface area contributed by atoms with Crippen molar-refractivity contribution in [3.63, 3.8) is 0 Å². The molecule has 5 nitrogen and oxygen atoms in total. The monoisotopic (exact) mass is 518 g/mol. The van der Waals surface area contributed by atoms with Gasteiger partial charge >= 0.3 is 0 Å². The zero-order valence-electron chi connectivity index (χ0n) is 19.7. The summed E-state index contributed by atoms with van der Waals surface area (Å²) < 4.78 is 12.5. The minimum absolute atomic E-state index is 0.0188. The number of amides is 1. The molecule has 0 atom stereocenters. The van der Waals surface area contributed by atoms with Crippen molar-refractivity contribution in [3.8, 4) is 17.6 Å². The number of rotatable bonds is 8. The first-order chi connectivity index (χ1) is 16.3. The van der Waals surface area contributed by atoms with Gasteiger partial charge in [0.05, 0.1) is 6.61 Å². The summed E-state index contributed by atoms with van der Waals surface area (Å²) >= 11 is 3.54. The van der Waals surface area contributed by atoms with Gasteiger partial charge in [-0.05, 0) is 80.3 Å². The molecule has 0 unspecified atom stereocenters. The lowest BCUT2D eigenvalue weighted by Crippen LogP contribution is -2.13. The van der Waals surface area contributed by atoms with E-state index in [4.69, 9.17) is 9.47 Å². The molecule has 0 spiro atoms. The molecule has 6 heteroatoms. The highest BCUT2D eigenvalue weighted by atomic mass is 79.9. The molecule has 0 saturated carbocycles. The Morgan fingerprint density at radius 1 is 1.00 bits per heavy atom. The highest BCUT2D eigenvalue weighted by molar-refractivity contribution is 9.10. The highest BCUT2D eigenvalue weighted by Crippen LogP contribution is 2.35. The van der Waals surface area contributed by atoms with Crippen LogP contribution in [0, 0.1) is 32.1 Å². The first-order valence-corrected chi connectivity index (χ1v) is 11.7. The number of carbonyl (C=O) groups is 1. The first kappa shape index (κ1) is 25.1. The Morgan fingerprint density at radius 2 is 1.71 bits per heavy atom. The number of hydrogen-bond acceptors (Lipinski definition) is 4. The van der Waals surface area contributed by atoms with Gasteiger partial charge in [0.15, 0.2) is 11.5 Å². The van der Waals surface area contributed by atoms with Crippen LogP contribution in [0.15, 0.2) is 64.6 Å². The maximum absolute atomic E-state index is 12.7. The molecule has 0 saturated heterocycles. The number of halogens is 1. The van der Waals surface area contributed by atoms with E-state index in [1.54, 1.807) is 12.1 Å². The molecule has 0 heterocycles. The summed E-state index contributed by atoms with van der Waals surface area (Å²) in [5, 5.41) is 12.4. The molecule has 0 bridgehead atoms. The number of anilines is 1. The van der Waals surface area contributed by atoms with Gasteiger partial charge in [0, 0.05) is 10.2 Å². The molecule has 3 aromatic carbocycles. The third-order valence-electron chi connectivity index (χ3n) is 5.31. The van der Waals surface area contributed by atoms with Crippen LogP contribution < -0.4 is 14.8 Å². The fourth-order valence-electron chi connectivity index (χ4n) is 3.21. The smallest absolute Gasteiger partial charge is 0.266 e. The third kappa shape index (κ3) is 6.49. The highest BCUT2D eigenvalue weighted by Gasteiger charge is 2.14. The molecule has 0 aromatic heterocycles. The van der Waals surface area contributed by atoms with E-state index in [-0.39, 0.29) is 5.57 Å². The van der Waals surface area contributed by atoms with Crippen molar-refractivity contribution in [1.82, 2.24) is 0 Å². The fraction of sp³-hybridized carbons (Fsp3) is 0.214. The van der Waals surface area contributed by atoms with Crippen molar-refractivity contribution in [2.75, 3.05) is 11.9 Å². The van der Waals surface area contributed by atoms with E-state index >= 15 is 0 Å². The second-order valence-corrected chi connectivity index (χ2v) is 8.81. The molecule has 3 aromatic rings. The lowest BCUT2D eigenvalue weighted by molar-refractivity contribution is -0.112. The van der Waals surface area contributed by atoms with Crippen molar-refractivity contribution in [3.05, 3.63) is 92.5 Å². The summed E-state index contributed by atoms with van der Waals surface area (Å²) in [6, 6.07) is 19.3. The average molecular weight is 519 g/mol. The van der Waals surface area contributed by atoms with Crippen LogP contribution in [0.1, 0.15) is 34.7 Å². The Balaban J connectivity index is 1.84. The van der Waals surface area contributed by atoms with Crippen LogP contribution in [-0.2, 0) is 11.4 Å². The summed E-state index contributed by atoms with van der Waals surface area (Å²) in [4.78, 5) is 12.7. The van der Waals surface area contributed by atoms with Gasteiger partial charge in [-0.25, -0.2) is 0 Å². The van der Waals surface area contributed by atoms with E-state index in [1.807, 2.05) is 76.2 Å². The molecule has 0 aliphatic heterocycles. The Labute approximate surface area is 209 Å². The number of nitrogens with zero attached hydrogens (tertiary/aromatic N) is 1. The van der Waals surface area contributed by atoms with Crippen molar-refractivity contribution >= 4 is 33.6 Å². The number of carbonyl (C=O) groups excluding carboxylic acids is 1. The van der Waals surface area contributed by atoms with Gasteiger partial charge in [-0.15, -0.1) is 0 Å². The van der Waals surface area contributed by atoms with Crippen LogP contribution in [0.4, 0.5) is 5.69 Å². The molecule has 34 heavy (non-hydrogen) atoms. The van der Waals surface area contributed by atoms with Crippen LogP contribution in [0.25, 0.3) is 6.08 Å². The Bertz CT molecular complexity index is 1260. The van der Waals surface area contributed by atoms with Crippen molar-refractivity contribution in [2.45, 2.75) is 34.3 Å². The van der Waals surface area contributed by atoms with Gasteiger partial charge < -0.3 is 14.8 Å². The number of nitrogens with one attached hydrogen (secondary N) is 1. The van der Waals surface area contributed by atoms with Gasteiger partial charge in [-0.3, -0.25) is 4.79 Å². The number of benzene rings is 3. The second kappa shape index (κ2) is 11.5. The maximum Gasteiger partial charge on any atom is 0.266 e. The van der Waals surface area contributed by atoms with Crippen LogP contribution in [-0.4, -0.2) is 12.5 Å². The Kier molecular flexibility index (Phi) is 8.50. The predicted molar refractivity (Wildman–Crippen MR) is 139 cm³/mol. The van der Waals surface area contributed by atoms with Crippen molar-refractivity contribution < 1.29 is 14.3 Å². The van der Waals surface area contributed by atoms with Gasteiger partial charge in [-0.1, -0.05) is 51.8 Å². The van der Waals surface area contributed by atoms with Crippen LogP contribution in [0.2, 0.25) is 0 Å². The molecule has 0 radical (unpaired) electrons. The largest absolute Gasteiger partial charge is 0.490 e. The van der Waals surface area contributed by atoms with Crippen molar-refractivity contribution in [1.29, 1.82) is 5.26 Å². The lowest BCUT2D eigenvalue weighted by Gasteiger charge is -2.14. The van der Waals surface area contributed by atoms with E-state index in [0.717, 1.165) is 16.7 Å². The van der Waals surface area contributed by atoms with E-state index in [2.05, 4.69) is 21.2 Å². The minimum atomic E-state index is -0.477. The Hall–Kier alpha value is -3.56. The zero-order valence-corrected chi connectivity index (χ0v) is 21.3. The molecular formula is C28H27BrN2O3. The lowest BCUT2D eigenvalue weighted by atomic mass is 10.1. The minimum Gasteiger partial charge on any atom is -0.490 e. The average Bonchev–Trinajstić information content (AvgIpc) is 2.81. The topological polar surface area (TPSA) is 71.3 Å². The van der Waals surface area contributed by atoms with Gasteiger partial charge in [-0.2, -0.15) is 5.26 Å². The maximum atomic E-state index is 12.7. The van der Waals surface area contributed by atoms with E-state index in [1.165, 1.54) is 11.6 Å². The van der Waals surface area contributed by atoms with E-state index in [9.17, 15) is 10.1 Å². The first-order valence-electron chi connectivity index (χ1n) is 11.0. The molecule has 3 rings (SSSR count). The summed E-state index contributed by atoms with van der Waals surface area (Å²) in [6.45, 7) is 8.75. The fourth-order valence-corrected chi connectivity index (χ4v) is 3.65. The number of nitriles is 1. The standard InChI is InChI=1S/C28H27BrN2O3/c1-5-33-26-14-22(25(29)15-27(26)34-17-21-9-6-18(2)7-10-21)13-23(16-30)28(32)31-24-11-8-19(3)20(4)12-24/h6-15H,5,17H2,1-4H3,(H,31,32)/b23-13+. The SMILES string of the molecule is CCOc1cc(/C=C(\C#N)C(=O)Nc2ccc(C)c(C)c2)c(Br)cc1OCc1ccc(C)cc1. The Morgan fingerprint density at radius 3 is 2.35 bits per heavy atom. The summed E-state index contributed by atoms with van der Waals surface area (Å²) in [5.74, 6) is 0.635.